The SMILES string of the molecule is O=C1C=CC2C(=C(OCc3ccccc3)C=CC2C2(CNOCC(F)(F)C3C=CC=CC3)CC2)N1. The summed E-state index contributed by atoms with van der Waals surface area (Å²) in [6, 6.07) is 9.86. The lowest BCUT2D eigenvalue weighted by Crippen LogP contribution is -2.41. The van der Waals surface area contributed by atoms with Crippen molar-refractivity contribution in [3.8, 4) is 0 Å². The highest BCUT2D eigenvalue weighted by atomic mass is 19.3. The average Bonchev–Trinajstić information content (AvgIpc) is 3.67. The number of rotatable bonds is 10. The summed E-state index contributed by atoms with van der Waals surface area (Å²) in [6.07, 6.45) is 16.5. The van der Waals surface area contributed by atoms with E-state index in [9.17, 15) is 13.6 Å². The van der Waals surface area contributed by atoms with Gasteiger partial charge in [0.05, 0.1) is 5.70 Å². The molecule has 0 saturated heterocycles. The minimum absolute atomic E-state index is 0.0478. The van der Waals surface area contributed by atoms with Crippen molar-refractivity contribution in [2.24, 2.45) is 23.2 Å². The molecule has 2 N–H and O–H groups in total. The van der Waals surface area contributed by atoms with Gasteiger partial charge in [-0.05, 0) is 48.3 Å². The van der Waals surface area contributed by atoms with Gasteiger partial charge in [-0.3, -0.25) is 9.63 Å². The third-order valence-electron chi connectivity index (χ3n) is 7.30. The number of carbonyl (C=O) groups excluding carboxylic acids is 1. The first-order valence-electron chi connectivity index (χ1n) is 12.1. The molecule has 0 aromatic heterocycles. The maximum absolute atomic E-state index is 14.5. The molecule has 5 nitrogen and oxygen atoms in total. The number of fused-ring (bicyclic) bond motifs is 1. The first-order valence-corrected chi connectivity index (χ1v) is 12.1. The van der Waals surface area contributed by atoms with Crippen molar-refractivity contribution in [2.75, 3.05) is 13.2 Å². The van der Waals surface area contributed by atoms with Gasteiger partial charge in [0, 0.05) is 18.4 Å². The topological polar surface area (TPSA) is 59.6 Å². The summed E-state index contributed by atoms with van der Waals surface area (Å²) in [4.78, 5) is 17.4. The third kappa shape index (κ3) is 5.31. The zero-order chi connectivity index (χ0) is 24.3. The van der Waals surface area contributed by atoms with Gasteiger partial charge in [-0.2, -0.15) is 0 Å². The van der Waals surface area contributed by atoms with E-state index in [1.165, 1.54) is 6.08 Å². The van der Waals surface area contributed by atoms with Gasteiger partial charge in [0.15, 0.2) is 0 Å². The van der Waals surface area contributed by atoms with Crippen molar-refractivity contribution >= 4 is 5.91 Å². The van der Waals surface area contributed by atoms with Crippen molar-refractivity contribution in [2.45, 2.75) is 31.8 Å². The second kappa shape index (κ2) is 9.91. The van der Waals surface area contributed by atoms with Crippen LogP contribution in [-0.4, -0.2) is 25.0 Å². The minimum Gasteiger partial charge on any atom is -0.487 e. The number of carbonyl (C=O) groups is 1. The fraction of sp³-hybridized carbons (Fsp3) is 0.393. The highest BCUT2D eigenvalue weighted by molar-refractivity contribution is 5.90. The Morgan fingerprint density at radius 1 is 1.09 bits per heavy atom. The van der Waals surface area contributed by atoms with Crippen LogP contribution in [0.2, 0.25) is 0 Å². The molecule has 1 fully saturated rings. The third-order valence-corrected chi connectivity index (χ3v) is 7.30. The Hall–Kier alpha value is -3.03. The standard InChI is InChI=1S/C28H30F2N2O3/c29-28(30,21-9-5-2-6-10-21)19-35-31-18-27(15-16-27)23-12-13-24(26-22(23)11-14-25(33)32-26)34-17-20-7-3-1-4-8-20/h1-9,11-14,21-23,31H,10,15-19H2,(H,32,33). The molecular formula is C28H30F2N2O3. The van der Waals surface area contributed by atoms with Crippen LogP contribution in [0.5, 0.6) is 0 Å². The molecule has 5 rings (SSSR count). The lowest BCUT2D eigenvalue weighted by Gasteiger charge is -2.37. The van der Waals surface area contributed by atoms with E-state index in [1.54, 1.807) is 24.3 Å². The number of amides is 1. The van der Waals surface area contributed by atoms with Crippen LogP contribution in [0.1, 0.15) is 24.8 Å². The number of halogens is 2. The van der Waals surface area contributed by atoms with Gasteiger partial charge in [-0.15, -0.1) is 0 Å². The van der Waals surface area contributed by atoms with Crippen molar-refractivity contribution in [3.05, 3.63) is 96.0 Å². The first-order chi connectivity index (χ1) is 17.0. The van der Waals surface area contributed by atoms with Crippen molar-refractivity contribution in [3.63, 3.8) is 0 Å². The van der Waals surface area contributed by atoms with Crippen LogP contribution < -0.4 is 10.8 Å². The molecule has 35 heavy (non-hydrogen) atoms. The van der Waals surface area contributed by atoms with Crippen LogP contribution >= 0.6 is 0 Å². The molecule has 7 heteroatoms. The Bertz CT molecular complexity index is 1090. The Labute approximate surface area is 204 Å². The molecule has 0 bridgehead atoms. The Morgan fingerprint density at radius 3 is 2.66 bits per heavy atom. The quantitative estimate of drug-likeness (QED) is 0.367. The molecule has 1 aromatic rings. The van der Waals surface area contributed by atoms with Gasteiger partial charge in [-0.1, -0.05) is 66.8 Å². The number of allylic oxidation sites excluding steroid dienone is 7. The van der Waals surface area contributed by atoms with Gasteiger partial charge < -0.3 is 10.1 Å². The second-order valence-corrected chi connectivity index (χ2v) is 9.70. The molecule has 0 radical (unpaired) electrons. The highest BCUT2D eigenvalue weighted by Crippen LogP contribution is 2.57. The molecule has 1 amide bonds. The summed E-state index contributed by atoms with van der Waals surface area (Å²) in [6.45, 7) is 0.195. The summed E-state index contributed by atoms with van der Waals surface area (Å²) in [7, 11) is 0. The first kappa shape index (κ1) is 23.7. The van der Waals surface area contributed by atoms with Crippen LogP contribution in [0, 0.1) is 23.2 Å². The molecule has 0 spiro atoms. The molecule has 3 unspecified atom stereocenters. The molecule has 1 heterocycles. The molecule has 1 saturated carbocycles. The Balaban J connectivity index is 1.21. The molecule has 3 atom stereocenters. The Morgan fingerprint density at radius 2 is 1.91 bits per heavy atom. The minimum atomic E-state index is -2.94. The van der Waals surface area contributed by atoms with Crippen LogP contribution in [0.25, 0.3) is 0 Å². The molecule has 1 aliphatic heterocycles. The zero-order valence-electron chi connectivity index (χ0n) is 19.5. The van der Waals surface area contributed by atoms with E-state index in [4.69, 9.17) is 9.57 Å². The zero-order valence-corrected chi connectivity index (χ0v) is 19.5. The van der Waals surface area contributed by atoms with Gasteiger partial charge >= 0.3 is 0 Å². The van der Waals surface area contributed by atoms with E-state index in [1.807, 2.05) is 42.5 Å². The van der Waals surface area contributed by atoms with Crippen LogP contribution in [-0.2, 0) is 21.0 Å². The number of alkyl halides is 2. The predicted molar refractivity (Wildman–Crippen MR) is 129 cm³/mol. The van der Waals surface area contributed by atoms with E-state index in [2.05, 4.69) is 16.9 Å². The number of nitrogens with one attached hydrogen (secondary N) is 2. The smallest absolute Gasteiger partial charge is 0.279 e. The van der Waals surface area contributed by atoms with E-state index in [-0.39, 0.29) is 23.2 Å². The molecule has 3 aliphatic carbocycles. The van der Waals surface area contributed by atoms with Crippen molar-refractivity contribution in [1.82, 2.24) is 10.8 Å². The van der Waals surface area contributed by atoms with E-state index in [0.717, 1.165) is 24.1 Å². The number of hydroxylamine groups is 1. The monoisotopic (exact) mass is 480 g/mol. The van der Waals surface area contributed by atoms with Gasteiger partial charge in [0.25, 0.3) is 5.92 Å². The predicted octanol–water partition coefficient (Wildman–Crippen LogP) is 4.97. The van der Waals surface area contributed by atoms with Crippen LogP contribution in [0.3, 0.4) is 0 Å². The van der Waals surface area contributed by atoms with Gasteiger partial charge in [-0.25, -0.2) is 14.3 Å². The fourth-order valence-corrected chi connectivity index (χ4v) is 5.05. The lowest BCUT2D eigenvalue weighted by atomic mass is 9.73. The second-order valence-electron chi connectivity index (χ2n) is 9.70. The van der Waals surface area contributed by atoms with Gasteiger partial charge in [0.1, 0.15) is 19.0 Å². The van der Waals surface area contributed by atoms with Crippen LogP contribution in [0.4, 0.5) is 8.78 Å². The molecular weight excluding hydrogens is 450 g/mol. The lowest BCUT2D eigenvalue weighted by molar-refractivity contribution is -0.131. The number of hydrogen-bond donors (Lipinski definition) is 2. The van der Waals surface area contributed by atoms with E-state index >= 15 is 0 Å². The van der Waals surface area contributed by atoms with E-state index in [0.29, 0.717) is 25.3 Å². The van der Waals surface area contributed by atoms with Crippen LogP contribution in [0.15, 0.2) is 90.4 Å². The maximum atomic E-state index is 14.5. The summed E-state index contributed by atoms with van der Waals surface area (Å²) in [5, 5.41) is 2.97. The summed E-state index contributed by atoms with van der Waals surface area (Å²) < 4.78 is 35.0. The molecule has 1 aromatic carbocycles. The normalized spacial score (nSPS) is 26.5. The fourth-order valence-electron chi connectivity index (χ4n) is 5.05. The molecule has 184 valence electrons. The summed E-state index contributed by atoms with van der Waals surface area (Å²) in [5.41, 5.74) is 4.51. The number of ether oxygens (including phenoxy) is 1. The number of benzene rings is 1. The number of hydrogen-bond acceptors (Lipinski definition) is 4. The Kier molecular flexibility index (Phi) is 6.71. The van der Waals surface area contributed by atoms with Gasteiger partial charge in [0.2, 0.25) is 5.91 Å². The van der Waals surface area contributed by atoms with Crippen molar-refractivity contribution in [1.29, 1.82) is 0 Å². The van der Waals surface area contributed by atoms with Crippen molar-refractivity contribution < 1.29 is 23.1 Å². The maximum Gasteiger partial charge on any atom is 0.279 e. The van der Waals surface area contributed by atoms with E-state index < -0.39 is 18.4 Å². The summed E-state index contributed by atoms with van der Waals surface area (Å²) >= 11 is 0. The summed E-state index contributed by atoms with van der Waals surface area (Å²) in [5.74, 6) is -3.25. The highest BCUT2D eigenvalue weighted by Gasteiger charge is 2.52. The average molecular weight is 481 g/mol. The molecule has 4 aliphatic rings. The largest absolute Gasteiger partial charge is 0.487 e.